The van der Waals surface area contributed by atoms with Gasteiger partial charge in [0.15, 0.2) is 0 Å². The van der Waals surface area contributed by atoms with E-state index in [1.807, 2.05) is 0 Å². The summed E-state index contributed by atoms with van der Waals surface area (Å²) in [6.45, 7) is 4.01. The minimum absolute atomic E-state index is 0.0877. The van der Waals surface area contributed by atoms with Crippen LogP contribution in [0.1, 0.15) is 19.3 Å². The molecule has 3 atom stereocenters. The van der Waals surface area contributed by atoms with Crippen molar-refractivity contribution in [2.24, 2.45) is 5.92 Å². The van der Waals surface area contributed by atoms with Crippen molar-refractivity contribution in [3.8, 4) is 0 Å². The van der Waals surface area contributed by atoms with E-state index in [-0.39, 0.29) is 18.1 Å². The second kappa shape index (κ2) is 4.68. The van der Waals surface area contributed by atoms with Crippen LogP contribution in [-0.2, 0) is 4.79 Å². The van der Waals surface area contributed by atoms with Crippen LogP contribution in [0, 0.1) is 5.92 Å². The van der Waals surface area contributed by atoms with Crippen LogP contribution in [0.5, 0.6) is 0 Å². The number of carboxylic acids is 1. The molecule has 2 rings (SSSR count). The normalized spacial score (nSPS) is 30.4. The van der Waals surface area contributed by atoms with Gasteiger partial charge in [0.1, 0.15) is 0 Å². The van der Waals surface area contributed by atoms with E-state index in [0.717, 1.165) is 12.8 Å². The van der Waals surface area contributed by atoms with Crippen molar-refractivity contribution in [1.29, 1.82) is 0 Å². The fourth-order valence-corrected chi connectivity index (χ4v) is 2.97. The van der Waals surface area contributed by atoms with Gasteiger partial charge in [0.2, 0.25) is 0 Å². The molecule has 2 aliphatic heterocycles. The molecule has 3 unspecified atom stereocenters. The molecule has 2 bridgehead atoms. The van der Waals surface area contributed by atoms with E-state index in [9.17, 15) is 9.59 Å². The average molecular weight is 303 g/mol. The first kappa shape index (κ1) is 12.4. The molecule has 0 aromatic rings. The minimum atomic E-state index is -0.792. The van der Waals surface area contributed by atoms with Gasteiger partial charge in [-0.2, -0.15) is 0 Å². The average Bonchev–Trinajstić information content (AvgIpc) is 2.82. The Morgan fingerprint density at radius 2 is 2.18 bits per heavy atom. The second-order valence-electron chi connectivity index (χ2n) is 4.56. The molecule has 2 N–H and O–H groups in total. The number of carbonyl (C=O) groups excluding carboxylic acids is 1. The first-order valence-corrected chi connectivity index (χ1v) is 6.42. The number of nitrogens with zero attached hydrogens (tertiary/aromatic N) is 1. The van der Waals surface area contributed by atoms with Crippen molar-refractivity contribution in [2.75, 3.05) is 6.54 Å². The van der Waals surface area contributed by atoms with E-state index in [2.05, 4.69) is 27.8 Å². The summed E-state index contributed by atoms with van der Waals surface area (Å²) in [5.41, 5.74) is 0. The zero-order valence-electron chi connectivity index (χ0n) is 9.36. The van der Waals surface area contributed by atoms with Crippen molar-refractivity contribution in [1.82, 2.24) is 10.2 Å². The highest BCUT2D eigenvalue weighted by molar-refractivity contribution is 9.11. The van der Waals surface area contributed by atoms with Gasteiger partial charge in [-0.15, -0.1) is 0 Å². The Labute approximate surface area is 108 Å². The predicted molar refractivity (Wildman–Crippen MR) is 65.9 cm³/mol. The third kappa shape index (κ3) is 2.31. The predicted octanol–water partition coefficient (Wildman–Crippen LogP) is 1.54. The van der Waals surface area contributed by atoms with E-state index in [4.69, 9.17) is 5.11 Å². The number of amides is 2. The van der Waals surface area contributed by atoms with E-state index in [1.54, 1.807) is 4.90 Å². The highest BCUT2D eigenvalue weighted by Gasteiger charge is 2.51. The van der Waals surface area contributed by atoms with Crippen LogP contribution in [0.4, 0.5) is 4.79 Å². The summed E-state index contributed by atoms with van der Waals surface area (Å²) in [5.74, 6) is -1.19. The maximum atomic E-state index is 11.9. The lowest BCUT2D eigenvalue weighted by Gasteiger charge is -2.23. The first-order chi connectivity index (χ1) is 8.00. The molecule has 0 spiro atoms. The lowest BCUT2D eigenvalue weighted by atomic mass is 9.89. The molecule has 2 amide bonds. The number of urea groups is 1. The largest absolute Gasteiger partial charge is 0.481 e. The number of hydrogen-bond acceptors (Lipinski definition) is 2. The maximum Gasteiger partial charge on any atom is 0.318 e. The first-order valence-electron chi connectivity index (χ1n) is 5.63. The molecule has 0 aliphatic carbocycles. The smallest absolute Gasteiger partial charge is 0.318 e. The van der Waals surface area contributed by atoms with Crippen molar-refractivity contribution in [3.63, 3.8) is 0 Å². The molecule has 2 heterocycles. The summed E-state index contributed by atoms with van der Waals surface area (Å²) in [7, 11) is 0. The Hall–Kier alpha value is -1.04. The van der Waals surface area contributed by atoms with Crippen LogP contribution in [0.25, 0.3) is 0 Å². The molecule has 6 heteroatoms. The van der Waals surface area contributed by atoms with E-state index >= 15 is 0 Å². The highest BCUT2D eigenvalue weighted by atomic mass is 79.9. The number of carbonyl (C=O) groups is 2. The van der Waals surface area contributed by atoms with Gasteiger partial charge < -0.3 is 15.3 Å². The quantitative estimate of drug-likeness (QED) is 0.831. The second-order valence-corrected chi connectivity index (χ2v) is 5.68. The lowest BCUT2D eigenvalue weighted by molar-refractivity contribution is -0.142. The standard InChI is InChI=1S/C11H15BrN2O3/c1-6(12)5-13-11(17)14-7-2-3-9(14)8(4-7)10(15)16/h7-9H,1-5H2,(H,13,17)(H,15,16). The Morgan fingerprint density at radius 3 is 2.71 bits per heavy atom. The summed E-state index contributed by atoms with van der Waals surface area (Å²) < 4.78 is 0.701. The van der Waals surface area contributed by atoms with Gasteiger partial charge in [-0.05, 0) is 19.3 Å². The fraction of sp³-hybridized carbons (Fsp3) is 0.636. The summed E-state index contributed by atoms with van der Waals surface area (Å²) in [5, 5.41) is 11.8. The maximum absolute atomic E-state index is 11.9. The van der Waals surface area contributed by atoms with Crippen LogP contribution >= 0.6 is 15.9 Å². The Balaban J connectivity index is 2.00. The highest BCUT2D eigenvalue weighted by Crippen LogP contribution is 2.41. The molecule has 2 aliphatic rings. The summed E-state index contributed by atoms with van der Waals surface area (Å²) in [6.07, 6.45) is 2.30. The fourth-order valence-electron chi connectivity index (χ4n) is 2.83. The van der Waals surface area contributed by atoms with Crippen LogP contribution < -0.4 is 5.32 Å². The van der Waals surface area contributed by atoms with Gasteiger partial charge in [-0.25, -0.2) is 4.79 Å². The SMILES string of the molecule is C=C(Br)CNC(=O)N1C2CCC1C(C(=O)O)C2. The molecule has 17 heavy (non-hydrogen) atoms. The Morgan fingerprint density at radius 1 is 1.47 bits per heavy atom. The van der Waals surface area contributed by atoms with Crippen molar-refractivity contribution in [2.45, 2.75) is 31.3 Å². The molecule has 5 nitrogen and oxygen atoms in total. The summed E-state index contributed by atoms with van der Waals surface area (Å²) in [4.78, 5) is 24.7. The number of fused-ring (bicyclic) bond motifs is 2. The monoisotopic (exact) mass is 302 g/mol. The number of nitrogens with one attached hydrogen (secondary N) is 1. The van der Waals surface area contributed by atoms with Crippen LogP contribution in [0.15, 0.2) is 11.1 Å². The van der Waals surface area contributed by atoms with Crippen molar-refractivity contribution >= 4 is 27.9 Å². The summed E-state index contributed by atoms with van der Waals surface area (Å²) in [6, 6.07) is -0.229. The van der Waals surface area contributed by atoms with Gasteiger partial charge in [0.25, 0.3) is 0 Å². The third-order valence-corrected chi connectivity index (χ3v) is 3.80. The zero-order chi connectivity index (χ0) is 12.6. The number of aliphatic carboxylic acids is 1. The van der Waals surface area contributed by atoms with E-state index in [0.29, 0.717) is 17.4 Å². The number of halogens is 1. The van der Waals surface area contributed by atoms with E-state index < -0.39 is 11.9 Å². The van der Waals surface area contributed by atoms with Gasteiger partial charge in [-0.3, -0.25) is 4.79 Å². The molecule has 0 saturated carbocycles. The zero-order valence-corrected chi connectivity index (χ0v) is 10.9. The topological polar surface area (TPSA) is 69.6 Å². The van der Waals surface area contributed by atoms with Gasteiger partial charge in [0.05, 0.1) is 12.5 Å². The molecular formula is C11H15BrN2O3. The van der Waals surface area contributed by atoms with Gasteiger partial charge in [0, 0.05) is 16.6 Å². The van der Waals surface area contributed by atoms with Crippen molar-refractivity contribution in [3.05, 3.63) is 11.1 Å². The van der Waals surface area contributed by atoms with Crippen molar-refractivity contribution < 1.29 is 14.7 Å². The summed E-state index contributed by atoms with van der Waals surface area (Å²) >= 11 is 3.17. The van der Waals surface area contributed by atoms with Gasteiger partial charge in [-0.1, -0.05) is 22.5 Å². The molecule has 0 aromatic heterocycles. The van der Waals surface area contributed by atoms with Crippen LogP contribution in [-0.4, -0.2) is 40.6 Å². The molecule has 2 saturated heterocycles. The number of hydrogen-bond donors (Lipinski definition) is 2. The van der Waals surface area contributed by atoms with E-state index in [1.165, 1.54) is 0 Å². The Bertz CT molecular complexity index is 372. The lowest BCUT2D eigenvalue weighted by Crippen LogP contribution is -2.44. The van der Waals surface area contributed by atoms with Crippen LogP contribution in [0.2, 0.25) is 0 Å². The van der Waals surface area contributed by atoms with Gasteiger partial charge >= 0.3 is 12.0 Å². The molecular weight excluding hydrogens is 288 g/mol. The molecule has 0 radical (unpaired) electrons. The molecule has 94 valence electrons. The minimum Gasteiger partial charge on any atom is -0.481 e. The Kier molecular flexibility index (Phi) is 3.42. The third-order valence-electron chi connectivity index (χ3n) is 3.52. The van der Waals surface area contributed by atoms with Crippen LogP contribution in [0.3, 0.4) is 0 Å². The number of carboxylic acid groups (broad SMARTS) is 1. The molecule has 0 aromatic carbocycles. The number of rotatable bonds is 3. The molecule has 2 fully saturated rings.